The van der Waals surface area contributed by atoms with E-state index in [-0.39, 0.29) is 5.78 Å². The van der Waals surface area contributed by atoms with Crippen LogP contribution in [0.2, 0.25) is 0 Å². The summed E-state index contributed by atoms with van der Waals surface area (Å²) in [6, 6.07) is 16.1. The Kier molecular flexibility index (Phi) is 5.01. The SMILES string of the molecule is COc1cncc(-c2nccnc2Oc2ccc(C(=O)c3nc4ccccc4[nH]3)cc2)c1. The topological polar surface area (TPSA) is 103 Å². The zero-order chi connectivity index (χ0) is 21.9. The molecule has 0 atom stereocenters. The summed E-state index contributed by atoms with van der Waals surface area (Å²) in [6.45, 7) is 0. The number of nitrogens with one attached hydrogen (secondary N) is 1. The highest BCUT2D eigenvalue weighted by Crippen LogP contribution is 2.30. The molecule has 0 unspecified atom stereocenters. The van der Waals surface area contributed by atoms with E-state index in [1.807, 2.05) is 24.3 Å². The molecule has 0 aliphatic carbocycles. The van der Waals surface area contributed by atoms with E-state index >= 15 is 0 Å². The van der Waals surface area contributed by atoms with Gasteiger partial charge in [-0.15, -0.1) is 0 Å². The summed E-state index contributed by atoms with van der Waals surface area (Å²) < 4.78 is 11.2. The van der Waals surface area contributed by atoms with Crippen LogP contribution in [0.3, 0.4) is 0 Å². The van der Waals surface area contributed by atoms with Gasteiger partial charge in [-0.25, -0.2) is 15.0 Å². The zero-order valence-electron chi connectivity index (χ0n) is 17.0. The Labute approximate surface area is 182 Å². The van der Waals surface area contributed by atoms with Crippen LogP contribution in [-0.2, 0) is 0 Å². The molecular weight excluding hydrogens is 406 g/mol. The van der Waals surface area contributed by atoms with Crippen LogP contribution < -0.4 is 9.47 Å². The molecule has 2 aromatic carbocycles. The number of carbonyl (C=O) groups is 1. The van der Waals surface area contributed by atoms with E-state index in [4.69, 9.17) is 9.47 Å². The van der Waals surface area contributed by atoms with Gasteiger partial charge >= 0.3 is 0 Å². The minimum Gasteiger partial charge on any atom is -0.495 e. The maximum absolute atomic E-state index is 12.8. The molecule has 0 fully saturated rings. The summed E-state index contributed by atoms with van der Waals surface area (Å²) in [4.78, 5) is 33.1. The lowest BCUT2D eigenvalue weighted by Gasteiger charge is -2.10. The monoisotopic (exact) mass is 423 g/mol. The molecule has 3 aromatic heterocycles. The number of nitrogens with zero attached hydrogens (tertiary/aromatic N) is 4. The molecule has 32 heavy (non-hydrogen) atoms. The fourth-order valence-corrected chi connectivity index (χ4v) is 3.24. The van der Waals surface area contributed by atoms with Crippen molar-refractivity contribution in [1.82, 2.24) is 24.9 Å². The number of rotatable bonds is 6. The lowest BCUT2D eigenvalue weighted by atomic mass is 10.1. The summed E-state index contributed by atoms with van der Waals surface area (Å²) >= 11 is 0. The number of benzene rings is 2. The van der Waals surface area contributed by atoms with Gasteiger partial charge in [0.15, 0.2) is 5.82 Å². The average Bonchev–Trinajstić information content (AvgIpc) is 3.29. The number of imidazole rings is 1. The van der Waals surface area contributed by atoms with E-state index in [1.54, 1.807) is 62.2 Å². The number of para-hydroxylation sites is 2. The van der Waals surface area contributed by atoms with Gasteiger partial charge in [-0.1, -0.05) is 12.1 Å². The molecule has 8 nitrogen and oxygen atoms in total. The second kappa shape index (κ2) is 8.27. The van der Waals surface area contributed by atoms with Crippen molar-refractivity contribution < 1.29 is 14.3 Å². The van der Waals surface area contributed by atoms with Gasteiger partial charge in [0.2, 0.25) is 11.7 Å². The highest BCUT2D eigenvalue weighted by Gasteiger charge is 2.15. The van der Waals surface area contributed by atoms with Gasteiger partial charge < -0.3 is 14.5 Å². The first kappa shape index (κ1) is 19.4. The third kappa shape index (κ3) is 3.77. The van der Waals surface area contributed by atoms with Crippen molar-refractivity contribution in [3.8, 4) is 28.6 Å². The molecular formula is C24H17N5O3. The van der Waals surface area contributed by atoms with Crippen molar-refractivity contribution >= 4 is 16.8 Å². The fourth-order valence-electron chi connectivity index (χ4n) is 3.24. The van der Waals surface area contributed by atoms with Crippen LogP contribution in [0, 0.1) is 0 Å². The summed E-state index contributed by atoms with van der Waals surface area (Å²) in [5.74, 6) is 1.53. The Morgan fingerprint density at radius 2 is 1.75 bits per heavy atom. The third-order valence-corrected chi connectivity index (χ3v) is 4.82. The Hall–Kier alpha value is -4.59. The molecule has 3 heterocycles. The molecule has 1 N–H and O–H groups in total. The van der Waals surface area contributed by atoms with Gasteiger partial charge in [0.1, 0.15) is 17.2 Å². The first-order valence-corrected chi connectivity index (χ1v) is 9.79. The number of aromatic amines is 1. The number of ketones is 1. The average molecular weight is 423 g/mol. The smallest absolute Gasteiger partial charge is 0.246 e. The van der Waals surface area contributed by atoms with Crippen molar-refractivity contribution in [3.63, 3.8) is 0 Å². The van der Waals surface area contributed by atoms with E-state index in [0.717, 1.165) is 11.0 Å². The van der Waals surface area contributed by atoms with Crippen LogP contribution in [0.4, 0.5) is 0 Å². The van der Waals surface area contributed by atoms with Crippen LogP contribution in [0.25, 0.3) is 22.3 Å². The second-order valence-corrected chi connectivity index (χ2v) is 6.88. The fraction of sp³-hybridized carbons (Fsp3) is 0.0417. The van der Waals surface area contributed by atoms with Crippen LogP contribution in [0.1, 0.15) is 16.2 Å². The molecule has 0 saturated carbocycles. The van der Waals surface area contributed by atoms with Crippen LogP contribution in [0.5, 0.6) is 17.4 Å². The standard InChI is InChI=1S/C24H17N5O3/c1-31-18-12-16(13-25-14-18)21-24(27-11-10-26-21)32-17-8-6-15(7-9-17)22(30)23-28-19-4-2-3-5-20(19)29-23/h2-14H,1H3,(H,28,29). The number of H-pyrrole nitrogens is 1. The maximum atomic E-state index is 12.8. The first-order valence-electron chi connectivity index (χ1n) is 9.79. The van der Waals surface area contributed by atoms with Gasteiger partial charge in [-0.3, -0.25) is 9.78 Å². The van der Waals surface area contributed by atoms with E-state index < -0.39 is 0 Å². The predicted molar refractivity (Wildman–Crippen MR) is 118 cm³/mol. The summed E-state index contributed by atoms with van der Waals surface area (Å²) in [5.41, 5.74) is 3.30. The highest BCUT2D eigenvalue weighted by molar-refractivity contribution is 6.08. The number of fused-ring (bicyclic) bond motifs is 1. The third-order valence-electron chi connectivity index (χ3n) is 4.82. The molecule has 156 valence electrons. The highest BCUT2D eigenvalue weighted by atomic mass is 16.5. The number of pyridine rings is 1. The van der Waals surface area contributed by atoms with Crippen LogP contribution >= 0.6 is 0 Å². The quantitative estimate of drug-likeness (QED) is 0.403. The van der Waals surface area contributed by atoms with Crippen molar-refractivity contribution in [2.75, 3.05) is 7.11 Å². The number of methoxy groups -OCH3 is 1. The molecule has 0 spiro atoms. The first-order chi connectivity index (χ1) is 15.7. The number of hydrogen-bond donors (Lipinski definition) is 1. The van der Waals surface area contributed by atoms with Gasteiger partial charge in [0.05, 0.1) is 24.3 Å². The number of aromatic nitrogens is 5. The normalized spacial score (nSPS) is 10.8. The number of ether oxygens (including phenoxy) is 2. The Balaban J connectivity index is 1.39. The molecule has 0 radical (unpaired) electrons. The van der Waals surface area contributed by atoms with Crippen molar-refractivity contribution in [2.45, 2.75) is 0 Å². The van der Waals surface area contributed by atoms with Gasteiger partial charge in [0, 0.05) is 29.7 Å². The largest absolute Gasteiger partial charge is 0.495 e. The zero-order valence-corrected chi connectivity index (χ0v) is 17.0. The van der Waals surface area contributed by atoms with E-state index in [9.17, 15) is 4.79 Å². The van der Waals surface area contributed by atoms with Crippen LogP contribution in [0.15, 0.2) is 79.4 Å². The number of hydrogen-bond acceptors (Lipinski definition) is 7. The molecule has 0 amide bonds. The van der Waals surface area contributed by atoms with Gasteiger partial charge in [-0.05, 0) is 42.5 Å². The second-order valence-electron chi connectivity index (χ2n) is 6.88. The van der Waals surface area contributed by atoms with E-state index in [2.05, 4.69) is 24.9 Å². The Morgan fingerprint density at radius 3 is 2.56 bits per heavy atom. The predicted octanol–water partition coefficient (Wildman–Crippen LogP) is 4.45. The van der Waals surface area contributed by atoms with Gasteiger partial charge in [0.25, 0.3) is 0 Å². The summed E-state index contributed by atoms with van der Waals surface area (Å²) in [5, 5.41) is 0. The molecule has 0 aliphatic heterocycles. The molecule has 0 saturated heterocycles. The molecule has 5 rings (SSSR count). The molecule has 0 bridgehead atoms. The van der Waals surface area contributed by atoms with Crippen LogP contribution in [-0.4, -0.2) is 37.8 Å². The van der Waals surface area contributed by atoms with E-state index in [1.165, 1.54) is 0 Å². The number of carbonyl (C=O) groups excluding carboxylic acids is 1. The Bertz CT molecular complexity index is 1380. The molecule has 0 aliphatic rings. The Morgan fingerprint density at radius 1 is 0.938 bits per heavy atom. The summed E-state index contributed by atoms with van der Waals surface area (Å²) in [7, 11) is 1.57. The van der Waals surface area contributed by atoms with Crippen molar-refractivity contribution in [2.24, 2.45) is 0 Å². The van der Waals surface area contributed by atoms with Gasteiger partial charge in [-0.2, -0.15) is 0 Å². The minimum atomic E-state index is -0.199. The lowest BCUT2D eigenvalue weighted by Crippen LogP contribution is -2.03. The lowest BCUT2D eigenvalue weighted by molar-refractivity contribution is 0.103. The molecule has 8 heteroatoms. The minimum absolute atomic E-state index is 0.199. The maximum Gasteiger partial charge on any atom is 0.246 e. The summed E-state index contributed by atoms with van der Waals surface area (Å²) in [6.07, 6.45) is 6.40. The molecule has 5 aromatic rings. The van der Waals surface area contributed by atoms with E-state index in [0.29, 0.717) is 40.0 Å². The van der Waals surface area contributed by atoms with Crippen molar-refractivity contribution in [1.29, 1.82) is 0 Å². The van der Waals surface area contributed by atoms with Crippen molar-refractivity contribution in [3.05, 3.63) is 90.8 Å².